The highest BCUT2D eigenvalue weighted by molar-refractivity contribution is 7.14. The predicted octanol–water partition coefficient (Wildman–Crippen LogP) is 3.87. The normalized spacial score (nSPS) is 14.8. The van der Waals surface area contributed by atoms with Crippen LogP contribution in [0.25, 0.3) is 0 Å². The summed E-state index contributed by atoms with van der Waals surface area (Å²) in [6.07, 6.45) is 3.12. The van der Waals surface area contributed by atoms with Gasteiger partial charge in [-0.1, -0.05) is 0 Å². The Kier molecular flexibility index (Phi) is 7.55. The number of anilines is 1. The van der Waals surface area contributed by atoms with Crippen LogP contribution in [0, 0.1) is 0 Å². The number of amides is 2. The van der Waals surface area contributed by atoms with Crippen LogP contribution in [0.4, 0.5) is 9.93 Å². The van der Waals surface area contributed by atoms with Gasteiger partial charge in [0.05, 0.1) is 18.7 Å². The van der Waals surface area contributed by atoms with Crippen molar-refractivity contribution in [2.45, 2.75) is 58.6 Å². The Morgan fingerprint density at radius 3 is 2.62 bits per heavy atom. The maximum atomic E-state index is 12.9. The quantitative estimate of drug-likeness (QED) is 0.654. The fourth-order valence-electron chi connectivity index (χ4n) is 3.52. The molecule has 0 atom stereocenters. The first-order valence-electron chi connectivity index (χ1n) is 10.7. The number of likely N-dealkylation sites (tertiary alicyclic amines) is 1. The molecular weight excluding hydrogens is 432 g/mol. The Morgan fingerprint density at radius 1 is 1.25 bits per heavy atom. The van der Waals surface area contributed by atoms with Gasteiger partial charge in [0.2, 0.25) is 0 Å². The molecule has 1 aliphatic heterocycles. The molecule has 174 valence electrons. The average molecular weight is 463 g/mol. The monoisotopic (exact) mass is 462 g/mol. The first kappa shape index (κ1) is 23.8. The van der Waals surface area contributed by atoms with Crippen LogP contribution in [0.5, 0.6) is 0 Å². The lowest BCUT2D eigenvalue weighted by Gasteiger charge is -2.34. The molecule has 1 saturated heterocycles. The third-order valence-corrected chi connectivity index (χ3v) is 5.73. The van der Waals surface area contributed by atoms with Crippen LogP contribution in [0.1, 0.15) is 62.8 Å². The van der Waals surface area contributed by atoms with Crippen molar-refractivity contribution in [2.24, 2.45) is 0 Å². The van der Waals surface area contributed by atoms with E-state index in [0.29, 0.717) is 36.2 Å². The van der Waals surface area contributed by atoms with Crippen molar-refractivity contribution < 1.29 is 23.9 Å². The van der Waals surface area contributed by atoms with Crippen molar-refractivity contribution in [3.63, 3.8) is 0 Å². The molecule has 0 saturated carbocycles. The van der Waals surface area contributed by atoms with Gasteiger partial charge >= 0.3 is 12.1 Å². The van der Waals surface area contributed by atoms with E-state index >= 15 is 0 Å². The van der Waals surface area contributed by atoms with Crippen LogP contribution in [-0.2, 0) is 20.7 Å². The van der Waals surface area contributed by atoms with Gasteiger partial charge in [0.25, 0.3) is 5.91 Å². The van der Waals surface area contributed by atoms with E-state index in [9.17, 15) is 14.4 Å². The molecule has 1 N–H and O–H groups in total. The zero-order chi connectivity index (χ0) is 23.3. The summed E-state index contributed by atoms with van der Waals surface area (Å²) in [5.41, 5.74) is 0.572. The zero-order valence-corrected chi connectivity index (χ0v) is 19.7. The Bertz CT molecular complexity index is 954. The number of nitrogens with one attached hydrogen (secondary N) is 1. The molecule has 2 amide bonds. The molecule has 1 fully saturated rings. The van der Waals surface area contributed by atoms with E-state index in [-0.39, 0.29) is 30.4 Å². The van der Waals surface area contributed by atoms with Crippen molar-refractivity contribution in [1.82, 2.24) is 14.5 Å². The van der Waals surface area contributed by atoms with Crippen LogP contribution in [0.15, 0.2) is 23.7 Å². The van der Waals surface area contributed by atoms with Crippen molar-refractivity contribution in [1.29, 1.82) is 0 Å². The lowest BCUT2D eigenvalue weighted by molar-refractivity contribution is -0.142. The summed E-state index contributed by atoms with van der Waals surface area (Å²) in [6.45, 7) is 8.77. The van der Waals surface area contributed by atoms with Gasteiger partial charge in [-0.3, -0.25) is 14.9 Å². The van der Waals surface area contributed by atoms with E-state index in [2.05, 4.69) is 10.3 Å². The molecule has 9 nitrogen and oxygen atoms in total. The maximum Gasteiger partial charge on any atom is 0.410 e. The number of carbonyl (C=O) groups is 3. The number of aromatic nitrogens is 2. The van der Waals surface area contributed by atoms with E-state index in [4.69, 9.17) is 9.47 Å². The predicted molar refractivity (Wildman–Crippen MR) is 121 cm³/mol. The minimum absolute atomic E-state index is 0.0762. The molecule has 10 heteroatoms. The Morgan fingerprint density at radius 2 is 1.97 bits per heavy atom. The van der Waals surface area contributed by atoms with E-state index in [1.165, 1.54) is 11.3 Å². The second-order valence-electron chi connectivity index (χ2n) is 8.58. The molecule has 3 heterocycles. The molecule has 0 bridgehead atoms. The minimum Gasteiger partial charge on any atom is -0.466 e. The summed E-state index contributed by atoms with van der Waals surface area (Å²) in [4.78, 5) is 42.8. The maximum absolute atomic E-state index is 12.9. The molecule has 0 aliphatic carbocycles. The van der Waals surface area contributed by atoms with Crippen molar-refractivity contribution >= 4 is 34.4 Å². The van der Waals surface area contributed by atoms with Gasteiger partial charge in [0, 0.05) is 30.7 Å². The van der Waals surface area contributed by atoms with Gasteiger partial charge in [-0.25, -0.2) is 9.78 Å². The largest absolute Gasteiger partial charge is 0.466 e. The van der Waals surface area contributed by atoms with Gasteiger partial charge in [0.15, 0.2) is 5.13 Å². The topological polar surface area (TPSA) is 103 Å². The number of carbonyl (C=O) groups excluding carboxylic acids is 3. The molecule has 3 rings (SSSR count). The lowest BCUT2D eigenvalue weighted by atomic mass is 10.0. The minimum atomic E-state index is -0.522. The Labute approximate surface area is 191 Å². The number of rotatable bonds is 6. The summed E-state index contributed by atoms with van der Waals surface area (Å²) in [7, 11) is 0. The molecule has 0 aromatic carbocycles. The van der Waals surface area contributed by atoms with E-state index in [1.807, 2.05) is 37.6 Å². The van der Waals surface area contributed by atoms with Crippen molar-refractivity contribution in [3.05, 3.63) is 35.1 Å². The zero-order valence-electron chi connectivity index (χ0n) is 18.9. The third-order valence-electron chi connectivity index (χ3n) is 4.92. The highest BCUT2D eigenvalue weighted by Gasteiger charge is 2.29. The van der Waals surface area contributed by atoms with E-state index in [1.54, 1.807) is 23.3 Å². The van der Waals surface area contributed by atoms with Crippen LogP contribution in [0.2, 0.25) is 0 Å². The van der Waals surface area contributed by atoms with Gasteiger partial charge in [-0.15, -0.1) is 11.3 Å². The van der Waals surface area contributed by atoms with Crippen LogP contribution >= 0.6 is 11.3 Å². The fraction of sp³-hybridized carbons (Fsp3) is 0.545. The summed E-state index contributed by atoms with van der Waals surface area (Å²) in [6, 6.07) is 3.71. The standard InChI is InChI=1S/C22H30N4O5S/c1-5-30-18(27)13-15-14-32-20(23-15)24-19(28)17-7-6-10-26(17)16-8-11-25(12-9-16)21(29)31-22(2,3)4/h6-7,10,14,16H,5,8-9,11-13H2,1-4H3,(H,23,24,28). The molecule has 0 radical (unpaired) electrons. The van der Waals surface area contributed by atoms with Gasteiger partial charge in [-0.2, -0.15) is 0 Å². The van der Waals surface area contributed by atoms with Crippen molar-refractivity contribution in [3.8, 4) is 0 Å². The molecule has 0 unspecified atom stereocenters. The lowest BCUT2D eigenvalue weighted by Crippen LogP contribution is -2.42. The van der Waals surface area contributed by atoms with Crippen LogP contribution in [0.3, 0.4) is 0 Å². The first-order valence-corrected chi connectivity index (χ1v) is 11.6. The highest BCUT2D eigenvalue weighted by Crippen LogP contribution is 2.26. The second kappa shape index (κ2) is 10.2. The molecule has 2 aromatic heterocycles. The highest BCUT2D eigenvalue weighted by atomic mass is 32.1. The molecule has 2 aromatic rings. The van der Waals surface area contributed by atoms with Crippen LogP contribution < -0.4 is 5.32 Å². The number of hydrogen-bond acceptors (Lipinski definition) is 7. The number of esters is 1. The molecule has 0 spiro atoms. The van der Waals surface area contributed by atoms with Crippen LogP contribution in [-0.4, -0.2) is 57.7 Å². The van der Waals surface area contributed by atoms with Gasteiger partial charge in [0.1, 0.15) is 11.3 Å². The average Bonchev–Trinajstić information content (AvgIpc) is 3.36. The fourth-order valence-corrected chi connectivity index (χ4v) is 4.23. The summed E-state index contributed by atoms with van der Waals surface area (Å²) >= 11 is 1.27. The molecule has 32 heavy (non-hydrogen) atoms. The first-order chi connectivity index (χ1) is 15.2. The number of thiazole rings is 1. The summed E-state index contributed by atoms with van der Waals surface area (Å²) in [5, 5.41) is 4.98. The van der Waals surface area contributed by atoms with E-state index < -0.39 is 5.60 Å². The molecule has 1 aliphatic rings. The summed E-state index contributed by atoms with van der Waals surface area (Å²) in [5.74, 6) is -0.608. The number of ether oxygens (including phenoxy) is 2. The third kappa shape index (κ3) is 6.32. The number of hydrogen-bond donors (Lipinski definition) is 1. The van der Waals surface area contributed by atoms with Gasteiger partial charge < -0.3 is 18.9 Å². The Hall–Kier alpha value is -2.88. The van der Waals surface area contributed by atoms with Crippen molar-refractivity contribution in [2.75, 3.05) is 25.0 Å². The van der Waals surface area contributed by atoms with Gasteiger partial charge in [-0.05, 0) is 52.7 Å². The number of nitrogens with zero attached hydrogens (tertiary/aromatic N) is 3. The molecular formula is C22H30N4O5S. The Balaban J connectivity index is 1.58. The SMILES string of the molecule is CCOC(=O)Cc1csc(NC(=O)c2cccn2C2CCN(C(=O)OC(C)(C)C)CC2)n1. The smallest absolute Gasteiger partial charge is 0.410 e. The summed E-state index contributed by atoms with van der Waals surface area (Å²) < 4.78 is 12.3. The number of piperidine rings is 1. The van der Waals surface area contributed by atoms with E-state index in [0.717, 1.165) is 12.8 Å². The second-order valence-corrected chi connectivity index (χ2v) is 9.44.